The maximum Gasteiger partial charge on any atom is 0.308 e. The quantitative estimate of drug-likeness (QED) is 0.644. The summed E-state index contributed by atoms with van der Waals surface area (Å²) in [6.07, 6.45) is -0.832. The van der Waals surface area contributed by atoms with E-state index in [-0.39, 0.29) is 24.7 Å². The number of aliphatic hydroxyl groups excluding tert-OH is 1. The predicted octanol–water partition coefficient (Wildman–Crippen LogP) is 2.58. The molecule has 0 radical (unpaired) electrons. The number of hydrogen-bond acceptors (Lipinski definition) is 4. The van der Waals surface area contributed by atoms with Gasteiger partial charge in [-0.3, -0.25) is 9.59 Å². The van der Waals surface area contributed by atoms with E-state index in [1.165, 1.54) is 0 Å². The molecule has 0 amide bonds. The highest BCUT2D eigenvalue weighted by Crippen LogP contribution is 2.11. The molecule has 1 N–H and O–H groups in total. The lowest BCUT2D eigenvalue weighted by Crippen LogP contribution is -2.22. The van der Waals surface area contributed by atoms with Crippen LogP contribution in [0.3, 0.4) is 0 Å². The Balaban J connectivity index is 2.42. The maximum atomic E-state index is 11.7. The van der Waals surface area contributed by atoms with Gasteiger partial charge in [0, 0.05) is 10.0 Å². The lowest BCUT2D eigenvalue weighted by Gasteiger charge is -2.13. The van der Waals surface area contributed by atoms with Crippen molar-refractivity contribution >= 4 is 27.7 Å². The standard InChI is InChI=1S/C14H17BrO4/c1-9(2)12(16)7-14(18)19-8-13(17)10-3-5-11(15)6-4-10/h3-6,9,12,16H,7-8H2,1-2H3/t12-/m1/s1. The van der Waals surface area contributed by atoms with Gasteiger partial charge in [-0.1, -0.05) is 41.9 Å². The molecule has 1 aromatic rings. The second-order valence-corrected chi connectivity index (χ2v) is 5.52. The lowest BCUT2D eigenvalue weighted by atomic mass is 10.0. The lowest BCUT2D eigenvalue weighted by molar-refractivity contribution is -0.145. The molecule has 0 saturated carbocycles. The molecule has 0 aromatic heterocycles. The van der Waals surface area contributed by atoms with E-state index in [0.29, 0.717) is 5.56 Å². The highest BCUT2D eigenvalue weighted by atomic mass is 79.9. The Morgan fingerprint density at radius 2 is 1.84 bits per heavy atom. The third kappa shape index (κ3) is 5.53. The van der Waals surface area contributed by atoms with Crippen LogP contribution in [-0.2, 0) is 9.53 Å². The zero-order chi connectivity index (χ0) is 14.4. The van der Waals surface area contributed by atoms with Crippen molar-refractivity contribution in [2.24, 2.45) is 5.92 Å². The number of hydrogen-bond donors (Lipinski definition) is 1. The topological polar surface area (TPSA) is 63.6 Å². The molecule has 0 aliphatic heterocycles. The number of carbonyl (C=O) groups excluding carboxylic acids is 2. The number of ether oxygens (including phenoxy) is 1. The largest absolute Gasteiger partial charge is 0.457 e. The van der Waals surface area contributed by atoms with E-state index < -0.39 is 12.1 Å². The first kappa shape index (κ1) is 15.9. The van der Waals surface area contributed by atoms with Crippen molar-refractivity contribution in [2.75, 3.05) is 6.61 Å². The normalized spacial score (nSPS) is 12.3. The van der Waals surface area contributed by atoms with Crippen LogP contribution < -0.4 is 0 Å². The number of ketones is 1. The third-order valence-corrected chi connectivity index (χ3v) is 3.20. The van der Waals surface area contributed by atoms with Gasteiger partial charge >= 0.3 is 5.97 Å². The molecule has 1 aromatic carbocycles. The zero-order valence-corrected chi connectivity index (χ0v) is 12.5. The summed E-state index contributed by atoms with van der Waals surface area (Å²) in [5.41, 5.74) is 0.486. The fourth-order valence-corrected chi connectivity index (χ4v) is 1.59. The first-order valence-electron chi connectivity index (χ1n) is 6.02. The van der Waals surface area contributed by atoms with Gasteiger partial charge in [0.15, 0.2) is 12.4 Å². The molecule has 0 unspecified atom stereocenters. The molecule has 0 fully saturated rings. The third-order valence-electron chi connectivity index (χ3n) is 2.68. The van der Waals surface area contributed by atoms with E-state index in [4.69, 9.17) is 4.74 Å². The number of rotatable bonds is 6. The van der Waals surface area contributed by atoms with Crippen molar-refractivity contribution in [1.29, 1.82) is 0 Å². The maximum absolute atomic E-state index is 11.7. The monoisotopic (exact) mass is 328 g/mol. The summed E-state index contributed by atoms with van der Waals surface area (Å²) in [6.45, 7) is 3.32. The van der Waals surface area contributed by atoms with Crippen LogP contribution >= 0.6 is 15.9 Å². The second-order valence-electron chi connectivity index (χ2n) is 4.61. The summed E-state index contributed by atoms with van der Waals surface area (Å²) in [4.78, 5) is 23.1. The van der Waals surface area contributed by atoms with Crippen LogP contribution in [0.15, 0.2) is 28.7 Å². The number of carbonyl (C=O) groups is 2. The molecule has 0 aliphatic rings. The summed E-state index contributed by atoms with van der Waals surface area (Å²) in [5.74, 6) is -0.846. The second kappa shape index (κ2) is 7.40. The van der Waals surface area contributed by atoms with Crippen LogP contribution in [0.25, 0.3) is 0 Å². The van der Waals surface area contributed by atoms with Gasteiger partial charge < -0.3 is 9.84 Å². The van der Waals surface area contributed by atoms with Crippen LogP contribution in [0.5, 0.6) is 0 Å². The molecular weight excluding hydrogens is 312 g/mol. The molecule has 1 atom stereocenters. The zero-order valence-electron chi connectivity index (χ0n) is 10.9. The minimum absolute atomic E-state index is 0.0188. The van der Waals surface area contributed by atoms with Crippen molar-refractivity contribution in [3.63, 3.8) is 0 Å². The summed E-state index contributed by atoms with van der Waals surface area (Å²) in [7, 11) is 0. The van der Waals surface area contributed by atoms with Crippen LogP contribution in [0, 0.1) is 5.92 Å². The first-order chi connectivity index (χ1) is 8.90. The summed E-state index contributed by atoms with van der Waals surface area (Å²) < 4.78 is 5.73. The average molecular weight is 329 g/mol. The molecule has 0 saturated heterocycles. The van der Waals surface area contributed by atoms with E-state index in [2.05, 4.69) is 15.9 Å². The Kier molecular flexibility index (Phi) is 6.18. The Morgan fingerprint density at radius 1 is 1.26 bits per heavy atom. The molecule has 104 valence electrons. The van der Waals surface area contributed by atoms with E-state index in [1.54, 1.807) is 24.3 Å². The van der Waals surface area contributed by atoms with Crippen LogP contribution in [0.4, 0.5) is 0 Å². The summed E-state index contributed by atoms with van der Waals surface area (Å²) in [5, 5.41) is 9.52. The molecular formula is C14H17BrO4. The number of esters is 1. The smallest absolute Gasteiger partial charge is 0.308 e. The molecule has 0 aliphatic carbocycles. The van der Waals surface area contributed by atoms with Gasteiger partial charge in [0.2, 0.25) is 0 Å². The number of halogens is 1. The van der Waals surface area contributed by atoms with Crippen LogP contribution in [0.2, 0.25) is 0 Å². The number of Topliss-reactive ketones (excluding diaryl/α,β-unsaturated/α-hetero) is 1. The predicted molar refractivity (Wildman–Crippen MR) is 74.9 cm³/mol. The SMILES string of the molecule is CC(C)[C@H](O)CC(=O)OCC(=O)c1ccc(Br)cc1. The molecule has 0 heterocycles. The Bertz CT molecular complexity index is 439. The minimum Gasteiger partial charge on any atom is -0.457 e. The molecule has 0 bridgehead atoms. The van der Waals surface area contributed by atoms with Crippen molar-refractivity contribution in [2.45, 2.75) is 26.4 Å². The van der Waals surface area contributed by atoms with Crippen LogP contribution in [0.1, 0.15) is 30.6 Å². The van der Waals surface area contributed by atoms with Gasteiger partial charge in [-0.05, 0) is 18.1 Å². The van der Waals surface area contributed by atoms with Gasteiger partial charge in [-0.15, -0.1) is 0 Å². The molecule has 5 heteroatoms. The van der Waals surface area contributed by atoms with E-state index in [0.717, 1.165) is 4.47 Å². The fourth-order valence-electron chi connectivity index (χ4n) is 1.33. The highest BCUT2D eigenvalue weighted by molar-refractivity contribution is 9.10. The van der Waals surface area contributed by atoms with Gasteiger partial charge in [0.25, 0.3) is 0 Å². The van der Waals surface area contributed by atoms with Gasteiger partial charge in [-0.2, -0.15) is 0 Å². The van der Waals surface area contributed by atoms with Gasteiger partial charge in [0.05, 0.1) is 12.5 Å². The van der Waals surface area contributed by atoms with E-state index in [9.17, 15) is 14.7 Å². The van der Waals surface area contributed by atoms with Crippen molar-refractivity contribution in [3.05, 3.63) is 34.3 Å². The molecule has 1 rings (SSSR count). The van der Waals surface area contributed by atoms with Crippen molar-refractivity contribution in [1.82, 2.24) is 0 Å². The van der Waals surface area contributed by atoms with Crippen LogP contribution in [-0.4, -0.2) is 29.6 Å². The highest BCUT2D eigenvalue weighted by Gasteiger charge is 2.16. The van der Waals surface area contributed by atoms with E-state index >= 15 is 0 Å². The number of aliphatic hydroxyl groups is 1. The molecule has 19 heavy (non-hydrogen) atoms. The Hall–Kier alpha value is -1.20. The molecule has 4 nitrogen and oxygen atoms in total. The molecule has 0 spiro atoms. The Morgan fingerprint density at radius 3 is 2.37 bits per heavy atom. The van der Waals surface area contributed by atoms with E-state index in [1.807, 2.05) is 13.8 Å². The average Bonchev–Trinajstić information content (AvgIpc) is 2.36. The Labute approximate surface area is 120 Å². The first-order valence-corrected chi connectivity index (χ1v) is 6.82. The van der Waals surface area contributed by atoms with Crippen molar-refractivity contribution in [3.8, 4) is 0 Å². The van der Waals surface area contributed by atoms with Crippen molar-refractivity contribution < 1.29 is 19.4 Å². The van der Waals surface area contributed by atoms with Gasteiger partial charge in [-0.25, -0.2) is 0 Å². The summed E-state index contributed by atoms with van der Waals surface area (Å²) >= 11 is 3.27. The summed E-state index contributed by atoms with van der Waals surface area (Å²) in [6, 6.07) is 6.81. The number of benzene rings is 1. The van der Waals surface area contributed by atoms with Gasteiger partial charge in [0.1, 0.15) is 0 Å². The minimum atomic E-state index is -0.740. The fraction of sp³-hybridized carbons (Fsp3) is 0.429.